The van der Waals surface area contributed by atoms with Gasteiger partial charge in [0.15, 0.2) is 17.2 Å². The molecule has 146 valence electrons. The molecule has 28 heavy (non-hydrogen) atoms. The summed E-state index contributed by atoms with van der Waals surface area (Å²) in [5, 5.41) is 13.6. The summed E-state index contributed by atoms with van der Waals surface area (Å²) in [6.07, 6.45) is -3.40. The van der Waals surface area contributed by atoms with E-state index < -0.39 is 23.6 Å². The lowest BCUT2D eigenvalue weighted by molar-refractivity contribution is -0.137. The zero-order chi connectivity index (χ0) is 20.5. The Bertz CT molecular complexity index is 1060. The number of aromatic nitrogens is 4. The van der Waals surface area contributed by atoms with Crippen LogP contribution in [-0.2, 0) is 10.9 Å². The lowest BCUT2D eigenvalue weighted by atomic mass is 10.2. The van der Waals surface area contributed by atoms with E-state index in [-0.39, 0.29) is 35.0 Å². The molecule has 0 radical (unpaired) electrons. The van der Waals surface area contributed by atoms with E-state index in [1.165, 1.54) is 6.07 Å². The fraction of sp³-hybridized carbons (Fsp3) is 0.188. The molecule has 3 N–H and O–H groups in total. The van der Waals surface area contributed by atoms with Gasteiger partial charge in [0.05, 0.1) is 18.4 Å². The number of fused-ring (bicyclic) bond motifs is 1. The summed E-state index contributed by atoms with van der Waals surface area (Å²) in [4.78, 5) is 24.2. The molecule has 1 amide bonds. The second-order valence-corrected chi connectivity index (χ2v) is 5.48. The number of hydrogen-bond donors (Lipinski definition) is 2. The summed E-state index contributed by atoms with van der Waals surface area (Å²) in [5.41, 5.74) is 4.45. The minimum absolute atomic E-state index is 0.00545. The van der Waals surface area contributed by atoms with Crippen molar-refractivity contribution in [2.24, 2.45) is 0 Å². The lowest BCUT2D eigenvalue weighted by Gasteiger charge is -2.10. The van der Waals surface area contributed by atoms with Crippen molar-refractivity contribution in [2.75, 3.05) is 17.7 Å². The van der Waals surface area contributed by atoms with Gasteiger partial charge >= 0.3 is 12.1 Å². The molecule has 0 unspecified atom stereocenters. The van der Waals surface area contributed by atoms with Crippen molar-refractivity contribution in [3.05, 3.63) is 47.3 Å². The molecular formula is C16H13F3N6O3. The Balaban J connectivity index is 1.91. The highest BCUT2D eigenvalue weighted by Crippen LogP contribution is 2.30. The standard InChI is InChI=1S/C16H13F3N6O3/c1-2-28-15(27)10-7-21-25-12(20)11(23-24-13(10)25)14(26)22-9-5-3-4-8(6-9)16(17,18)19/h3-7H,2,20H2,1H3,(H,22,26). The number of esters is 1. The van der Waals surface area contributed by atoms with Crippen molar-refractivity contribution in [3.8, 4) is 0 Å². The summed E-state index contributed by atoms with van der Waals surface area (Å²) in [7, 11) is 0. The molecule has 0 saturated heterocycles. The number of alkyl halides is 3. The van der Waals surface area contributed by atoms with Crippen molar-refractivity contribution < 1.29 is 27.5 Å². The summed E-state index contributed by atoms with van der Waals surface area (Å²) < 4.78 is 44.2. The van der Waals surface area contributed by atoms with Gasteiger partial charge in [-0.25, -0.2) is 4.79 Å². The maximum atomic E-state index is 12.8. The number of amides is 1. The third kappa shape index (κ3) is 3.56. The van der Waals surface area contributed by atoms with Crippen LogP contribution in [0.5, 0.6) is 0 Å². The molecule has 0 spiro atoms. The van der Waals surface area contributed by atoms with Gasteiger partial charge in [0, 0.05) is 5.69 Å². The Kier molecular flexibility index (Phi) is 4.86. The molecule has 3 aromatic rings. The molecule has 0 aliphatic heterocycles. The first-order valence-corrected chi connectivity index (χ1v) is 7.88. The van der Waals surface area contributed by atoms with Crippen LogP contribution in [0.4, 0.5) is 24.7 Å². The smallest absolute Gasteiger partial charge is 0.416 e. The van der Waals surface area contributed by atoms with Crippen LogP contribution in [-0.4, -0.2) is 38.3 Å². The highest BCUT2D eigenvalue weighted by atomic mass is 19.4. The van der Waals surface area contributed by atoms with E-state index in [0.29, 0.717) is 0 Å². The van der Waals surface area contributed by atoms with Crippen LogP contribution in [0.15, 0.2) is 30.5 Å². The van der Waals surface area contributed by atoms with E-state index in [0.717, 1.165) is 28.9 Å². The van der Waals surface area contributed by atoms with Crippen LogP contribution in [0.3, 0.4) is 0 Å². The highest BCUT2D eigenvalue weighted by Gasteiger charge is 2.30. The van der Waals surface area contributed by atoms with Crippen LogP contribution in [0.2, 0.25) is 0 Å². The van der Waals surface area contributed by atoms with E-state index in [1.54, 1.807) is 6.92 Å². The summed E-state index contributed by atoms with van der Waals surface area (Å²) in [5.74, 6) is -1.82. The molecule has 2 aromatic heterocycles. The van der Waals surface area contributed by atoms with E-state index in [1.807, 2.05) is 0 Å². The quantitative estimate of drug-likeness (QED) is 0.650. The van der Waals surface area contributed by atoms with Gasteiger partial charge in [-0.15, -0.1) is 10.2 Å². The number of rotatable bonds is 4. The van der Waals surface area contributed by atoms with Crippen LogP contribution in [0, 0.1) is 0 Å². The molecule has 12 heteroatoms. The first-order chi connectivity index (χ1) is 13.2. The summed E-state index contributed by atoms with van der Waals surface area (Å²) >= 11 is 0. The first-order valence-electron chi connectivity index (χ1n) is 7.88. The largest absolute Gasteiger partial charge is 0.462 e. The Hall–Kier alpha value is -3.70. The number of nitrogen functional groups attached to an aromatic ring is 1. The van der Waals surface area contributed by atoms with Crippen molar-refractivity contribution >= 4 is 29.0 Å². The second-order valence-electron chi connectivity index (χ2n) is 5.48. The number of halogens is 3. The number of nitrogens with one attached hydrogen (secondary N) is 1. The molecule has 3 rings (SSSR count). The van der Waals surface area contributed by atoms with Gasteiger partial charge in [-0.3, -0.25) is 4.79 Å². The predicted octanol–water partition coefficient (Wildman–Crippen LogP) is 2.15. The number of nitrogens with two attached hydrogens (primary N) is 1. The number of carbonyl (C=O) groups is 2. The monoisotopic (exact) mass is 394 g/mol. The normalized spacial score (nSPS) is 11.4. The molecule has 0 bridgehead atoms. The summed E-state index contributed by atoms with van der Waals surface area (Å²) in [6, 6.07) is 4.07. The number of nitrogens with zero attached hydrogens (tertiary/aromatic N) is 4. The molecule has 0 aliphatic carbocycles. The maximum Gasteiger partial charge on any atom is 0.416 e. The number of carbonyl (C=O) groups excluding carboxylic acids is 2. The molecule has 0 aliphatic rings. The minimum Gasteiger partial charge on any atom is -0.462 e. The van der Waals surface area contributed by atoms with Crippen molar-refractivity contribution in [3.63, 3.8) is 0 Å². The topological polar surface area (TPSA) is 124 Å². The van der Waals surface area contributed by atoms with E-state index >= 15 is 0 Å². The third-order valence-electron chi connectivity index (χ3n) is 3.62. The minimum atomic E-state index is -4.56. The molecule has 0 saturated carbocycles. The summed E-state index contributed by atoms with van der Waals surface area (Å²) in [6.45, 7) is 1.76. The Morgan fingerprint density at radius 1 is 1.29 bits per heavy atom. The second kappa shape index (κ2) is 7.13. The zero-order valence-electron chi connectivity index (χ0n) is 14.3. The van der Waals surface area contributed by atoms with Crippen LogP contribution in [0.25, 0.3) is 5.65 Å². The van der Waals surface area contributed by atoms with Crippen LogP contribution < -0.4 is 11.1 Å². The predicted molar refractivity (Wildman–Crippen MR) is 90.5 cm³/mol. The molecule has 1 aromatic carbocycles. The van der Waals surface area contributed by atoms with Gasteiger partial charge in [0.25, 0.3) is 5.91 Å². The number of benzene rings is 1. The van der Waals surface area contributed by atoms with Crippen LogP contribution >= 0.6 is 0 Å². The van der Waals surface area contributed by atoms with Gasteiger partial charge in [0.2, 0.25) is 0 Å². The zero-order valence-corrected chi connectivity index (χ0v) is 14.3. The van der Waals surface area contributed by atoms with Crippen LogP contribution in [0.1, 0.15) is 33.3 Å². The Morgan fingerprint density at radius 2 is 2.04 bits per heavy atom. The molecule has 0 atom stereocenters. The third-order valence-corrected chi connectivity index (χ3v) is 3.62. The average Bonchev–Trinajstić information content (AvgIpc) is 3.07. The molecule has 0 fully saturated rings. The molecule has 9 nitrogen and oxygen atoms in total. The van der Waals surface area contributed by atoms with Gasteiger partial charge < -0.3 is 15.8 Å². The van der Waals surface area contributed by atoms with E-state index in [4.69, 9.17) is 10.5 Å². The number of hydrogen-bond acceptors (Lipinski definition) is 7. The van der Waals surface area contributed by atoms with E-state index in [9.17, 15) is 22.8 Å². The number of anilines is 2. The number of ether oxygens (including phenoxy) is 1. The SMILES string of the molecule is CCOC(=O)c1cnn2c(N)c(C(=O)Nc3cccc(C(F)(F)F)c3)nnc12. The van der Waals surface area contributed by atoms with Gasteiger partial charge in [-0.1, -0.05) is 6.07 Å². The van der Waals surface area contributed by atoms with Crippen molar-refractivity contribution in [2.45, 2.75) is 13.1 Å². The molecular weight excluding hydrogens is 381 g/mol. The van der Waals surface area contributed by atoms with Crippen molar-refractivity contribution in [1.82, 2.24) is 19.8 Å². The maximum absolute atomic E-state index is 12.8. The van der Waals surface area contributed by atoms with Crippen molar-refractivity contribution in [1.29, 1.82) is 0 Å². The molecule has 2 heterocycles. The lowest BCUT2D eigenvalue weighted by Crippen LogP contribution is -2.20. The van der Waals surface area contributed by atoms with Gasteiger partial charge in [0.1, 0.15) is 5.56 Å². The van der Waals surface area contributed by atoms with E-state index in [2.05, 4.69) is 20.6 Å². The fourth-order valence-electron chi connectivity index (χ4n) is 2.34. The van der Waals surface area contributed by atoms with Gasteiger partial charge in [-0.05, 0) is 25.1 Å². The Morgan fingerprint density at radius 3 is 2.71 bits per heavy atom. The van der Waals surface area contributed by atoms with Gasteiger partial charge in [-0.2, -0.15) is 22.8 Å². The first kappa shape index (κ1) is 19.1. The Labute approximate surface area is 155 Å². The fourth-order valence-corrected chi connectivity index (χ4v) is 2.34. The average molecular weight is 394 g/mol. The highest BCUT2D eigenvalue weighted by molar-refractivity contribution is 6.06.